The summed E-state index contributed by atoms with van der Waals surface area (Å²) < 4.78 is 0. The lowest BCUT2D eigenvalue weighted by atomic mass is 10.1. The molecule has 26 heavy (non-hydrogen) atoms. The first-order valence-electron chi connectivity index (χ1n) is 8.44. The predicted molar refractivity (Wildman–Crippen MR) is 99.7 cm³/mol. The van der Waals surface area contributed by atoms with E-state index in [1.807, 2.05) is 19.2 Å². The van der Waals surface area contributed by atoms with Gasteiger partial charge in [0.2, 0.25) is 0 Å². The van der Waals surface area contributed by atoms with Gasteiger partial charge in [0.25, 0.3) is 11.8 Å². The van der Waals surface area contributed by atoms with Gasteiger partial charge in [-0.2, -0.15) is 5.10 Å². The van der Waals surface area contributed by atoms with Gasteiger partial charge in [-0.15, -0.1) is 0 Å². The number of allylic oxidation sites excluding steroid dienone is 1. The molecule has 2 unspecified atom stereocenters. The van der Waals surface area contributed by atoms with Crippen molar-refractivity contribution in [3.05, 3.63) is 36.5 Å². The van der Waals surface area contributed by atoms with E-state index >= 15 is 0 Å². The third kappa shape index (κ3) is 4.90. The molecule has 0 saturated heterocycles. The predicted octanol–water partition coefficient (Wildman–Crippen LogP) is 0.925. The minimum absolute atomic E-state index is 0.430. The fourth-order valence-corrected chi connectivity index (χ4v) is 2.41. The second kappa shape index (κ2) is 9.12. The van der Waals surface area contributed by atoms with Crippen LogP contribution in [0.3, 0.4) is 0 Å². The number of rotatable bonds is 7. The van der Waals surface area contributed by atoms with Crippen molar-refractivity contribution < 1.29 is 19.8 Å². The molecule has 0 fully saturated rings. The van der Waals surface area contributed by atoms with E-state index in [9.17, 15) is 19.8 Å². The number of amides is 2. The minimum atomic E-state index is -1.85. The lowest BCUT2D eigenvalue weighted by molar-refractivity contribution is -0.150. The van der Waals surface area contributed by atoms with Crippen LogP contribution in [0.15, 0.2) is 41.6 Å². The first-order chi connectivity index (χ1) is 12.4. The second-order valence-corrected chi connectivity index (χ2v) is 5.95. The number of anilines is 2. The Balaban J connectivity index is 1.95. The Labute approximate surface area is 152 Å². The number of benzene rings is 1. The first-order valence-corrected chi connectivity index (χ1v) is 8.44. The van der Waals surface area contributed by atoms with Crippen molar-refractivity contribution in [2.75, 3.05) is 23.9 Å². The summed E-state index contributed by atoms with van der Waals surface area (Å²) >= 11 is 0. The highest BCUT2D eigenvalue weighted by molar-refractivity contribution is 5.98. The van der Waals surface area contributed by atoms with Crippen molar-refractivity contribution in [1.82, 2.24) is 4.90 Å². The maximum atomic E-state index is 12.1. The molecule has 1 aromatic rings. The number of hydrogen-bond donors (Lipinski definition) is 3. The van der Waals surface area contributed by atoms with Gasteiger partial charge in [-0.3, -0.25) is 9.59 Å². The van der Waals surface area contributed by atoms with Crippen LogP contribution < -0.4 is 10.3 Å². The van der Waals surface area contributed by atoms with Crippen LogP contribution in [0.2, 0.25) is 0 Å². The van der Waals surface area contributed by atoms with Crippen LogP contribution in [0.1, 0.15) is 19.8 Å². The molecule has 1 aromatic carbocycles. The van der Waals surface area contributed by atoms with E-state index in [0.29, 0.717) is 18.7 Å². The Morgan fingerprint density at radius 1 is 1.27 bits per heavy atom. The van der Waals surface area contributed by atoms with Gasteiger partial charge in [0.1, 0.15) is 0 Å². The van der Waals surface area contributed by atoms with Gasteiger partial charge in [-0.25, -0.2) is 5.01 Å². The molecular formula is C18H24N4O4. The van der Waals surface area contributed by atoms with Gasteiger partial charge in [-0.05, 0) is 30.7 Å². The van der Waals surface area contributed by atoms with Crippen molar-refractivity contribution in [1.29, 1.82) is 0 Å². The quantitative estimate of drug-likeness (QED) is 0.671. The molecule has 3 N–H and O–H groups in total. The average molecular weight is 360 g/mol. The zero-order valence-corrected chi connectivity index (χ0v) is 14.9. The Hall–Kier alpha value is -2.71. The number of nitrogens with one attached hydrogen (secondary N) is 1. The molecule has 8 nitrogen and oxygen atoms in total. The first kappa shape index (κ1) is 19.6. The van der Waals surface area contributed by atoms with E-state index < -0.39 is 24.0 Å². The summed E-state index contributed by atoms with van der Waals surface area (Å²) in [5.74, 6) is -1.54. The number of aliphatic hydroxyl groups excluding tert-OH is 2. The minimum Gasteiger partial charge on any atom is -0.380 e. The van der Waals surface area contributed by atoms with Crippen LogP contribution in [0.25, 0.3) is 0 Å². The lowest BCUT2D eigenvalue weighted by Gasteiger charge is -2.23. The molecule has 1 heterocycles. The average Bonchev–Trinajstić information content (AvgIpc) is 2.67. The van der Waals surface area contributed by atoms with Crippen molar-refractivity contribution in [3.63, 3.8) is 0 Å². The van der Waals surface area contributed by atoms with Crippen LogP contribution in [0, 0.1) is 0 Å². The second-order valence-electron chi connectivity index (χ2n) is 5.95. The van der Waals surface area contributed by atoms with Crippen LogP contribution in [-0.4, -0.2) is 58.9 Å². The molecule has 0 aromatic heterocycles. The molecular weight excluding hydrogens is 336 g/mol. The third-order valence-corrected chi connectivity index (χ3v) is 3.85. The molecule has 2 rings (SSSR count). The molecule has 0 spiro atoms. The van der Waals surface area contributed by atoms with Crippen molar-refractivity contribution in [2.24, 2.45) is 5.10 Å². The van der Waals surface area contributed by atoms with Gasteiger partial charge >= 0.3 is 0 Å². The fraction of sp³-hybridized carbons (Fsp3) is 0.389. The zero-order chi connectivity index (χ0) is 19.1. The summed E-state index contributed by atoms with van der Waals surface area (Å²) in [5, 5.41) is 28.2. The third-order valence-electron chi connectivity index (χ3n) is 3.85. The maximum Gasteiger partial charge on any atom is 0.256 e. The molecule has 1 aliphatic heterocycles. The molecule has 0 radical (unpaired) electrons. The highest BCUT2D eigenvalue weighted by Crippen LogP contribution is 2.20. The summed E-state index contributed by atoms with van der Waals surface area (Å²) in [6, 6.07) is 6.81. The molecule has 8 heteroatoms. The molecule has 1 aliphatic rings. The van der Waals surface area contributed by atoms with Crippen molar-refractivity contribution in [2.45, 2.75) is 32.0 Å². The monoisotopic (exact) mass is 360 g/mol. The van der Waals surface area contributed by atoms with Crippen molar-refractivity contribution >= 4 is 29.4 Å². The summed E-state index contributed by atoms with van der Waals surface area (Å²) in [5.41, 5.74) is 1.25. The van der Waals surface area contributed by atoms with Gasteiger partial charge in [0.05, 0.1) is 5.69 Å². The highest BCUT2D eigenvalue weighted by Gasteiger charge is 2.32. The Kier molecular flexibility index (Phi) is 6.88. The summed E-state index contributed by atoms with van der Waals surface area (Å²) in [6.45, 7) is 2.31. The van der Waals surface area contributed by atoms with Crippen LogP contribution in [0.4, 0.5) is 11.4 Å². The Bertz CT molecular complexity index is 675. The van der Waals surface area contributed by atoms with Gasteiger partial charge in [0.15, 0.2) is 12.2 Å². The standard InChI is InChI=1S/C18H24N4O4/c1-3-11-21(2)18(26)16(24)15(23)17(25)20-13-6-8-14(9-7-13)22-12-5-4-10-19-22/h5-10,12,15-16,23-24H,3-4,11H2,1-2H3,(H,20,25). The summed E-state index contributed by atoms with van der Waals surface area (Å²) in [6.07, 6.45) is 3.42. The van der Waals surface area contributed by atoms with E-state index in [1.165, 1.54) is 11.9 Å². The highest BCUT2D eigenvalue weighted by atomic mass is 16.3. The van der Waals surface area contributed by atoms with E-state index in [-0.39, 0.29) is 0 Å². The topological polar surface area (TPSA) is 105 Å². The van der Waals surface area contributed by atoms with Crippen LogP contribution in [0.5, 0.6) is 0 Å². The molecule has 0 bridgehead atoms. The summed E-state index contributed by atoms with van der Waals surface area (Å²) in [4.78, 5) is 25.3. The van der Waals surface area contributed by atoms with Crippen LogP contribution in [-0.2, 0) is 9.59 Å². The number of aliphatic hydroxyl groups is 2. The van der Waals surface area contributed by atoms with Crippen molar-refractivity contribution in [3.8, 4) is 0 Å². The van der Waals surface area contributed by atoms with E-state index in [0.717, 1.165) is 12.1 Å². The molecule has 0 aliphatic carbocycles. The number of carbonyl (C=O) groups excluding carboxylic acids is 2. The number of carbonyl (C=O) groups is 2. The Morgan fingerprint density at radius 2 is 1.96 bits per heavy atom. The molecule has 0 saturated carbocycles. The van der Waals surface area contributed by atoms with Gasteiger partial charge in [0, 0.05) is 38.1 Å². The zero-order valence-electron chi connectivity index (χ0n) is 14.9. The van der Waals surface area contributed by atoms with Gasteiger partial charge < -0.3 is 20.4 Å². The SMILES string of the molecule is CCCN(C)C(=O)C(O)C(O)C(=O)Nc1ccc(N2C=CCC=N2)cc1. The fourth-order valence-electron chi connectivity index (χ4n) is 2.41. The van der Waals surface area contributed by atoms with E-state index in [2.05, 4.69) is 10.4 Å². The molecule has 2 amide bonds. The van der Waals surface area contributed by atoms with E-state index in [1.54, 1.807) is 35.5 Å². The maximum absolute atomic E-state index is 12.1. The number of hydrogen-bond acceptors (Lipinski definition) is 6. The number of likely N-dealkylation sites (N-methyl/N-ethyl adjacent to an activating group) is 1. The summed E-state index contributed by atoms with van der Waals surface area (Å²) in [7, 11) is 1.51. The smallest absolute Gasteiger partial charge is 0.256 e. The van der Waals surface area contributed by atoms with Gasteiger partial charge in [-0.1, -0.05) is 13.0 Å². The molecule has 2 atom stereocenters. The Morgan fingerprint density at radius 3 is 2.54 bits per heavy atom. The van der Waals surface area contributed by atoms with Crippen LogP contribution >= 0.6 is 0 Å². The lowest BCUT2D eigenvalue weighted by Crippen LogP contribution is -2.48. The normalized spacial score (nSPS) is 15.5. The largest absolute Gasteiger partial charge is 0.380 e. The van der Waals surface area contributed by atoms with E-state index in [4.69, 9.17) is 0 Å². The number of nitrogens with zero attached hydrogens (tertiary/aromatic N) is 3. The number of hydrazone groups is 1. The molecule has 140 valence electrons.